The Morgan fingerprint density at radius 2 is 2.22 bits per heavy atom. The molecule has 1 amide bonds. The third kappa shape index (κ3) is 3.37. The molecule has 1 atom stereocenters. The van der Waals surface area contributed by atoms with Gasteiger partial charge in [0.2, 0.25) is 0 Å². The van der Waals surface area contributed by atoms with E-state index < -0.39 is 17.9 Å². The van der Waals surface area contributed by atoms with Gasteiger partial charge in [-0.2, -0.15) is 0 Å². The number of ether oxygens (including phenoxy) is 1. The van der Waals surface area contributed by atoms with E-state index in [9.17, 15) is 14.0 Å². The molecule has 8 heteroatoms. The van der Waals surface area contributed by atoms with E-state index in [1.165, 1.54) is 17.0 Å². The quantitative estimate of drug-likeness (QED) is 0.850. The van der Waals surface area contributed by atoms with Crippen LogP contribution in [-0.2, 0) is 9.53 Å². The minimum absolute atomic E-state index is 0.155. The number of benzene rings is 1. The van der Waals surface area contributed by atoms with Crippen molar-refractivity contribution in [1.29, 1.82) is 0 Å². The summed E-state index contributed by atoms with van der Waals surface area (Å²) in [7, 11) is 0. The van der Waals surface area contributed by atoms with Crippen LogP contribution < -0.4 is 0 Å². The molecule has 1 fully saturated rings. The normalized spacial score (nSPS) is 18.3. The number of carboxylic acid groups (broad SMARTS) is 1. The summed E-state index contributed by atoms with van der Waals surface area (Å²) in [6.07, 6.45) is -0.682. The summed E-state index contributed by atoms with van der Waals surface area (Å²) in [4.78, 5) is 27.8. The monoisotopic (exact) mass is 384 g/mol. The fraction of sp³-hybridized carbons (Fsp3) is 0.333. The summed E-state index contributed by atoms with van der Waals surface area (Å²) in [5, 5.41) is 9.16. The number of amides is 1. The minimum Gasteiger partial charge on any atom is -0.481 e. The lowest BCUT2D eigenvalue weighted by molar-refractivity contribution is -0.141. The average Bonchev–Trinajstić information content (AvgIpc) is 2.90. The van der Waals surface area contributed by atoms with E-state index >= 15 is 0 Å². The molecule has 0 spiro atoms. The summed E-state index contributed by atoms with van der Waals surface area (Å²) in [5.41, 5.74) is 0.795. The molecule has 1 saturated heterocycles. The average molecular weight is 385 g/mol. The molecule has 1 aromatic heterocycles. The summed E-state index contributed by atoms with van der Waals surface area (Å²) >= 11 is 3.21. The molecule has 1 aliphatic heterocycles. The van der Waals surface area contributed by atoms with E-state index in [1.807, 2.05) is 0 Å². The van der Waals surface area contributed by atoms with Crippen molar-refractivity contribution < 1.29 is 23.8 Å². The predicted octanol–water partition coefficient (Wildman–Crippen LogP) is 2.39. The Bertz CT molecular complexity index is 776. The topological polar surface area (TPSA) is 82.6 Å². The summed E-state index contributed by atoms with van der Waals surface area (Å²) in [6, 6.07) is 4.50. The minimum atomic E-state index is -0.971. The highest BCUT2D eigenvalue weighted by Gasteiger charge is 2.27. The first-order chi connectivity index (χ1) is 10.9. The smallest absolute Gasteiger partial charge is 0.306 e. The second-order valence-corrected chi connectivity index (χ2v) is 6.29. The molecule has 0 saturated carbocycles. The number of rotatable bonds is 3. The van der Waals surface area contributed by atoms with Gasteiger partial charge < -0.3 is 19.7 Å². The van der Waals surface area contributed by atoms with Gasteiger partial charge in [0.25, 0.3) is 5.91 Å². The van der Waals surface area contributed by atoms with E-state index in [0.29, 0.717) is 21.9 Å². The molecule has 1 aliphatic rings. The number of nitrogens with zero attached hydrogens (tertiary/aromatic N) is 1. The zero-order chi connectivity index (χ0) is 16.6. The lowest BCUT2D eigenvalue weighted by atomic mass is 10.2. The summed E-state index contributed by atoms with van der Waals surface area (Å²) in [5.74, 6) is -1.69. The number of H-pyrrole nitrogens is 1. The second kappa shape index (κ2) is 6.29. The van der Waals surface area contributed by atoms with Gasteiger partial charge in [-0.15, -0.1) is 0 Å². The van der Waals surface area contributed by atoms with Gasteiger partial charge in [-0.25, -0.2) is 4.39 Å². The summed E-state index contributed by atoms with van der Waals surface area (Å²) in [6.45, 7) is 0.854. The van der Waals surface area contributed by atoms with Crippen molar-refractivity contribution in [3.05, 3.63) is 34.2 Å². The first-order valence-corrected chi connectivity index (χ1v) is 7.84. The number of hydrogen-bond donors (Lipinski definition) is 2. The van der Waals surface area contributed by atoms with Gasteiger partial charge in [-0.05, 0) is 18.2 Å². The number of aliphatic carboxylic acids is 1. The van der Waals surface area contributed by atoms with Gasteiger partial charge in [-0.1, -0.05) is 15.9 Å². The van der Waals surface area contributed by atoms with Gasteiger partial charge in [0.1, 0.15) is 11.5 Å². The Kier molecular flexibility index (Phi) is 4.36. The van der Waals surface area contributed by atoms with Crippen LogP contribution in [-0.4, -0.2) is 52.7 Å². The number of hydrogen-bond acceptors (Lipinski definition) is 3. The maximum absolute atomic E-state index is 13.9. The van der Waals surface area contributed by atoms with Crippen LogP contribution in [0.2, 0.25) is 0 Å². The van der Waals surface area contributed by atoms with Crippen LogP contribution in [0.25, 0.3) is 10.9 Å². The van der Waals surface area contributed by atoms with Crippen LogP contribution in [0.15, 0.2) is 22.7 Å². The fourth-order valence-electron chi connectivity index (χ4n) is 2.67. The zero-order valence-corrected chi connectivity index (χ0v) is 13.6. The van der Waals surface area contributed by atoms with Gasteiger partial charge in [-0.3, -0.25) is 9.59 Å². The molecule has 2 heterocycles. The molecule has 6 nitrogen and oxygen atoms in total. The van der Waals surface area contributed by atoms with E-state index in [4.69, 9.17) is 9.84 Å². The van der Waals surface area contributed by atoms with Crippen molar-refractivity contribution in [2.45, 2.75) is 12.5 Å². The largest absolute Gasteiger partial charge is 0.481 e. The first kappa shape index (κ1) is 15.9. The van der Waals surface area contributed by atoms with Crippen LogP contribution in [0.3, 0.4) is 0 Å². The number of aromatic amines is 1. The van der Waals surface area contributed by atoms with Crippen molar-refractivity contribution in [2.75, 3.05) is 19.7 Å². The number of halogens is 2. The second-order valence-electron chi connectivity index (χ2n) is 5.37. The highest BCUT2D eigenvalue weighted by molar-refractivity contribution is 9.10. The molecule has 3 rings (SSSR count). The van der Waals surface area contributed by atoms with Crippen LogP contribution >= 0.6 is 15.9 Å². The van der Waals surface area contributed by atoms with Crippen molar-refractivity contribution in [2.24, 2.45) is 0 Å². The molecule has 0 unspecified atom stereocenters. The number of morpholine rings is 1. The Labute approximate surface area is 139 Å². The fourth-order valence-corrected chi connectivity index (χ4v) is 3.10. The Hall–Kier alpha value is -1.93. The molecule has 1 aromatic carbocycles. The number of carbonyl (C=O) groups excluding carboxylic acids is 1. The highest BCUT2D eigenvalue weighted by Crippen LogP contribution is 2.25. The molecule has 0 radical (unpaired) electrons. The zero-order valence-electron chi connectivity index (χ0n) is 12.0. The van der Waals surface area contributed by atoms with Gasteiger partial charge in [0, 0.05) is 22.9 Å². The number of carboxylic acids is 1. The lowest BCUT2D eigenvalue weighted by Crippen LogP contribution is -2.46. The van der Waals surface area contributed by atoms with Crippen LogP contribution in [0.1, 0.15) is 16.9 Å². The molecule has 122 valence electrons. The number of nitrogens with one attached hydrogen (secondary N) is 1. The SMILES string of the molecule is O=C(O)C[C@H]1CN(C(=O)c2cc3c(F)cc(Br)cc3[nH]2)CCO1. The maximum atomic E-state index is 13.9. The molecule has 23 heavy (non-hydrogen) atoms. The predicted molar refractivity (Wildman–Crippen MR) is 83.9 cm³/mol. The van der Waals surface area contributed by atoms with E-state index in [0.717, 1.165) is 0 Å². The van der Waals surface area contributed by atoms with E-state index in [-0.39, 0.29) is 31.2 Å². The van der Waals surface area contributed by atoms with E-state index in [2.05, 4.69) is 20.9 Å². The number of aromatic nitrogens is 1. The Morgan fingerprint density at radius 1 is 1.43 bits per heavy atom. The Morgan fingerprint density at radius 3 is 2.96 bits per heavy atom. The van der Waals surface area contributed by atoms with Crippen molar-refractivity contribution in [3.8, 4) is 0 Å². The van der Waals surface area contributed by atoms with Crippen molar-refractivity contribution >= 4 is 38.7 Å². The number of carbonyl (C=O) groups is 2. The molecule has 0 aliphatic carbocycles. The standard InChI is InChI=1S/C15H14BrFN2O4/c16-8-3-11(17)10-6-13(18-12(10)4-8)15(22)19-1-2-23-9(7-19)5-14(20)21/h3-4,6,9,18H,1-2,5,7H2,(H,20,21)/t9-/m0/s1. The third-order valence-electron chi connectivity index (χ3n) is 3.71. The van der Waals surface area contributed by atoms with Crippen LogP contribution in [0.4, 0.5) is 4.39 Å². The molecule has 2 aromatic rings. The van der Waals surface area contributed by atoms with E-state index in [1.54, 1.807) is 6.07 Å². The molecule has 0 bridgehead atoms. The molecular weight excluding hydrogens is 371 g/mol. The summed E-state index contributed by atoms with van der Waals surface area (Å²) < 4.78 is 19.8. The van der Waals surface area contributed by atoms with Gasteiger partial charge in [0.15, 0.2) is 0 Å². The first-order valence-electron chi connectivity index (χ1n) is 7.04. The van der Waals surface area contributed by atoms with Gasteiger partial charge >= 0.3 is 5.97 Å². The third-order valence-corrected chi connectivity index (χ3v) is 4.17. The van der Waals surface area contributed by atoms with Crippen LogP contribution in [0, 0.1) is 5.82 Å². The van der Waals surface area contributed by atoms with Crippen LogP contribution in [0.5, 0.6) is 0 Å². The number of fused-ring (bicyclic) bond motifs is 1. The van der Waals surface area contributed by atoms with Gasteiger partial charge in [0.05, 0.1) is 24.6 Å². The van der Waals surface area contributed by atoms with Crippen molar-refractivity contribution in [3.63, 3.8) is 0 Å². The maximum Gasteiger partial charge on any atom is 0.306 e. The highest BCUT2D eigenvalue weighted by atomic mass is 79.9. The molecule has 2 N–H and O–H groups in total. The lowest BCUT2D eigenvalue weighted by Gasteiger charge is -2.32. The Balaban J connectivity index is 1.82. The molecular formula is C15H14BrFN2O4. The van der Waals surface area contributed by atoms with Crippen molar-refractivity contribution in [1.82, 2.24) is 9.88 Å².